The van der Waals surface area contributed by atoms with Gasteiger partial charge in [0.15, 0.2) is 0 Å². The van der Waals surface area contributed by atoms with Gasteiger partial charge in [0.2, 0.25) is 5.91 Å². The number of hydrogen-bond donors (Lipinski definition) is 2. The van der Waals surface area contributed by atoms with E-state index >= 15 is 0 Å². The molecular weight excluding hydrogens is 354 g/mol. The highest BCUT2D eigenvalue weighted by Crippen LogP contribution is 2.45. The molecule has 2 aliphatic carbocycles. The van der Waals surface area contributed by atoms with Crippen molar-refractivity contribution in [2.75, 3.05) is 13.7 Å². The average molecular weight is 388 g/mol. The summed E-state index contributed by atoms with van der Waals surface area (Å²) in [6.45, 7) is 3.74. The molecule has 5 heteroatoms. The molecule has 0 aliphatic heterocycles. The van der Waals surface area contributed by atoms with E-state index in [-0.39, 0.29) is 36.2 Å². The van der Waals surface area contributed by atoms with E-state index in [1.165, 1.54) is 11.1 Å². The van der Waals surface area contributed by atoms with Crippen molar-refractivity contribution in [2.24, 2.45) is 17.8 Å². The van der Waals surface area contributed by atoms with E-state index in [0.717, 1.165) is 19.3 Å². The number of aryl methyl sites for hydroxylation is 1. The number of nitrogens with one attached hydrogen (secondary N) is 1. The van der Waals surface area contributed by atoms with Gasteiger partial charge in [-0.15, -0.1) is 0 Å². The summed E-state index contributed by atoms with van der Waals surface area (Å²) in [6, 6.07) is 8.30. The number of ketones is 1. The van der Waals surface area contributed by atoms with Gasteiger partial charge in [0.1, 0.15) is 5.78 Å². The molecule has 1 amide bonds. The Bertz CT molecular complexity index is 718. The Kier molecular flexibility index (Phi) is 6.56. The summed E-state index contributed by atoms with van der Waals surface area (Å²) < 4.78 is 5.72. The molecule has 28 heavy (non-hydrogen) atoms. The first-order chi connectivity index (χ1) is 13.4. The normalized spacial score (nSPS) is 30.5. The second kappa shape index (κ2) is 8.75. The van der Waals surface area contributed by atoms with E-state index in [1.807, 2.05) is 26.0 Å². The van der Waals surface area contributed by atoms with E-state index in [0.29, 0.717) is 19.3 Å². The Hall–Kier alpha value is -1.72. The molecule has 3 unspecified atom stereocenters. The standard InChI is InChI=1S/C23H33NO4/c1-15(12-14-25)21(26)20-18(11-13-23(20,2)28-3)22(27)24-19-10-6-8-16-7-4-5-9-17(16)19/h4-5,7,9,15,18-20,25H,6,8,10-14H2,1-3H3,(H,24,27)/t15-,18?,19+,20?,23?/m0/s1. The number of ether oxygens (including phenoxy) is 1. The molecule has 1 aromatic carbocycles. The van der Waals surface area contributed by atoms with Gasteiger partial charge in [-0.2, -0.15) is 0 Å². The summed E-state index contributed by atoms with van der Waals surface area (Å²) in [5.41, 5.74) is 1.87. The van der Waals surface area contributed by atoms with Crippen LogP contribution in [-0.2, 0) is 20.7 Å². The number of aliphatic hydroxyl groups excluding tert-OH is 1. The van der Waals surface area contributed by atoms with Crippen molar-refractivity contribution >= 4 is 11.7 Å². The van der Waals surface area contributed by atoms with E-state index in [2.05, 4.69) is 17.4 Å². The summed E-state index contributed by atoms with van der Waals surface area (Å²) in [4.78, 5) is 26.4. The molecule has 0 aromatic heterocycles. The lowest BCUT2D eigenvalue weighted by Gasteiger charge is -2.34. The van der Waals surface area contributed by atoms with Crippen LogP contribution >= 0.6 is 0 Å². The van der Waals surface area contributed by atoms with Crippen LogP contribution in [0.15, 0.2) is 24.3 Å². The van der Waals surface area contributed by atoms with Crippen LogP contribution in [0.5, 0.6) is 0 Å². The minimum atomic E-state index is -0.632. The van der Waals surface area contributed by atoms with Gasteiger partial charge >= 0.3 is 0 Å². The number of Topliss-reactive ketones (excluding diaryl/α,β-unsaturated/α-hetero) is 1. The molecule has 1 saturated carbocycles. The molecule has 0 bridgehead atoms. The number of amides is 1. The number of benzene rings is 1. The Morgan fingerprint density at radius 1 is 1.32 bits per heavy atom. The number of rotatable bonds is 7. The molecule has 2 aliphatic rings. The number of fused-ring (bicyclic) bond motifs is 1. The third-order valence-electron chi connectivity index (χ3n) is 6.86. The Morgan fingerprint density at radius 3 is 2.79 bits per heavy atom. The lowest BCUT2D eigenvalue weighted by Crippen LogP contribution is -2.46. The Labute approximate surface area is 167 Å². The highest BCUT2D eigenvalue weighted by Gasteiger charge is 2.53. The molecule has 5 nitrogen and oxygen atoms in total. The van der Waals surface area contributed by atoms with Crippen molar-refractivity contribution in [3.63, 3.8) is 0 Å². The van der Waals surface area contributed by atoms with Crippen molar-refractivity contribution < 1.29 is 19.4 Å². The number of hydrogen-bond acceptors (Lipinski definition) is 4. The SMILES string of the molecule is COC1(C)CCC(C(=O)N[C@@H]2CCCc3ccccc32)C1C(=O)[C@@H](C)CCO. The predicted molar refractivity (Wildman–Crippen MR) is 108 cm³/mol. The van der Waals surface area contributed by atoms with Crippen molar-refractivity contribution in [3.05, 3.63) is 35.4 Å². The fraction of sp³-hybridized carbons (Fsp3) is 0.652. The molecule has 5 atom stereocenters. The number of carbonyl (C=O) groups excluding carboxylic acids is 2. The maximum atomic E-state index is 13.3. The summed E-state index contributed by atoms with van der Waals surface area (Å²) >= 11 is 0. The molecule has 1 aromatic rings. The molecule has 3 rings (SSSR count). The fourth-order valence-electron chi connectivity index (χ4n) is 5.03. The van der Waals surface area contributed by atoms with Crippen molar-refractivity contribution in [1.29, 1.82) is 0 Å². The average Bonchev–Trinajstić information content (AvgIpc) is 3.06. The number of aliphatic hydroxyl groups is 1. The third kappa shape index (κ3) is 4.01. The van der Waals surface area contributed by atoms with Crippen LogP contribution < -0.4 is 5.32 Å². The van der Waals surface area contributed by atoms with Crippen molar-refractivity contribution in [2.45, 2.75) is 64.0 Å². The molecule has 0 heterocycles. The van der Waals surface area contributed by atoms with Crippen LogP contribution in [0.1, 0.15) is 63.1 Å². The van der Waals surface area contributed by atoms with E-state index < -0.39 is 11.5 Å². The largest absolute Gasteiger partial charge is 0.396 e. The van der Waals surface area contributed by atoms with Crippen LogP contribution in [0.3, 0.4) is 0 Å². The number of methoxy groups -OCH3 is 1. The molecule has 0 spiro atoms. The predicted octanol–water partition coefficient (Wildman–Crippen LogP) is 3.20. The third-order valence-corrected chi connectivity index (χ3v) is 6.86. The second-order valence-electron chi connectivity index (χ2n) is 8.61. The van der Waals surface area contributed by atoms with Crippen LogP contribution in [0, 0.1) is 17.8 Å². The summed E-state index contributed by atoms with van der Waals surface area (Å²) in [7, 11) is 1.62. The maximum Gasteiger partial charge on any atom is 0.224 e. The van der Waals surface area contributed by atoms with Gasteiger partial charge in [-0.3, -0.25) is 9.59 Å². The van der Waals surface area contributed by atoms with Gasteiger partial charge in [0, 0.05) is 19.6 Å². The summed E-state index contributed by atoms with van der Waals surface area (Å²) in [5.74, 6) is -1.16. The molecule has 0 radical (unpaired) electrons. The molecule has 0 saturated heterocycles. The van der Waals surface area contributed by atoms with Gasteiger partial charge in [0.05, 0.1) is 23.5 Å². The Morgan fingerprint density at radius 2 is 2.07 bits per heavy atom. The zero-order valence-electron chi connectivity index (χ0n) is 17.2. The van der Waals surface area contributed by atoms with E-state index in [1.54, 1.807) is 7.11 Å². The second-order valence-corrected chi connectivity index (χ2v) is 8.61. The highest BCUT2D eigenvalue weighted by molar-refractivity contribution is 5.91. The first kappa shape index (κ1) is 21.0. The van der Waals surface area contributed by atoms with E-state index in [4.69, 9.17) is 4.74 Å². The minimum Gasteiger partial charge on any atom is -0.396 e. The van der Waals surface area contributed by atoms with E-state index in [9.17, 15) is 14.7 Å². The zero-order valence-corrected chi connectivity index (χ0v) is 17.2. The lowest BCUT2D eigenvalue weighted by atomic mass is 9.77. The lowest BCUT2D eigenvalue weighted by molar-refractivity contribution is -0.143. The fourth-order valence-corrected chi connectivity index (χ4v) is 5.03. The molecule has 2 N–H and O–H groups in total. The van der Waals surface area contributed by atoms with Crippen LogP contribution in [0.4, 0.5) is 0 Å². The maximum absolute atomic E-state index is 13.3. The van der Waals surface area contributed by atoms with Crippen molar-refractivity contribution in [1.82, 2.24) is 5.32 Å². The summed E-state index contributed by atoms with van der Waals surface area (Å²) in [6.07, 6.45) is 4.78. The first-order valence-electron chi connectivity index (χ1n) is 10.5. The van der Waals surface area contributed by atoms with Crippen molar-refractivity contribution in [3.8, 4) is 0 Å². The quantitative estimate of drug-likeness (QED) is 0.753. The van der Waals surface area contributed by atoms with Gasteiger partial charge < -0.3 is 15.2 Å². The zero-order chi connectivity index (χ0) is 20.3. The highest BCUT2D eigenvalue weighted by atomic mass is 16.5. The first-order valence-corrected chi connectivity index (χ1v) is 10.5. The molecular formula is C23H33NO4. The molecule has 154 valence electrons. The topological polar surface area (TPSA) is 75.6 Å². The van der Waals surface area contributed by atoms with Gasteiger partial charge in [-0.25, -0.2) is 0 Å². The monoisotopic (exact) mass is 387 g/mol. The van der Waals surface area contributed by atoms with Gasteiger partial charge in [0.25, 0.3) is 0 Å². The summed E-state index contributed by atoms with van der Waals surface area (Å²) in [5, 5.41) is 12.5. The van der Waals surface area contributed by atoms with Gasteiger partial charge in [-0.1, -0.05) is 31.2 Å². The van der Waals surface area contributed by atoms with Crippen LogP contribution in [0.25, 0.3) is 0 Å². The minimum absolute atomic E-state index is 0.0115. The van der Waals surface area contributed by atoms with Crippen LogP contribution in [-0.4, -0.2) is 36.1 Å². The molecule has 1 fully saturated rings. The number of carbonyl (C=O) groups is 2. The van der Waals surface area contributed by atoms with Gasteiger partial charge in [-0.05, 0) is 56.6 Å². The van der Waals surface area contributed by atoms with Crippen LogP contribution in [0.2, 0.25) is 0 Å². The smallest absolute Gasteiger partial charge is 0.224 e. The Balaban J connectivity index is 1.79.